The molecule has 0 spiro atoms. The maximum Gasteiger partial charge on any atom is 0.433 e. The first-order chi connectivity index (χ1) is 16.6. The number of furan rings is 2. The lowest BCUT2D eigenvalue weighted by Crippen LogP contribution is -2.43. The molecule has 1 aliphatic heterocycles. The van der Waals surface area contributed by atoms with Crippen molar-refractivity contribution in [1.29, 1.82) is 0 Å². The van der Waals surface area contributed by atoms with Crippen molar-refractivity contribution in [3.63, 3.8) is 0 Å². The number of rotatable bonds is 4. The Morgan fingerprint density at radius 2 is 1.86 bits per heavy atom. The molecule has 0 aliphatic carbocycles. The molecule has 0 saturated carbocycles. The van der Waals surface area contributed by atoms with Crippen LogP contribution in [0.3, 0.4) is 0 Å². The van der Waals surface area contributed by atoms with Gasteiger partial charge in [0.25, 0.3) is 11.5 Å². The fourth-order valence-electron chi connectivity index (χ4n) is 3.91. The first-order valence-electron chi connectivity index (χ1n) is 10.3. The fourth-order valence-corrected chi connectivity index (χ4v) is 3.91. The largest absolute Gasteiger partial charge is 0.467 e. The Bertz CT molecular complexity index is 1570. The molecule has 0 aromatic carbocycles. The fraction of sp³-hybridized carbons (Fsp3) is 0.227. The van der Waals surface area contributed by atoms with Gasteiger partial charge in [-0.05, 0) is 36.4 Å². The molecule has 4 aromatic heterocycles. The number of carbonyl (C=O) groups is 1. The number of hydrazone groups is 1. The molecule has 5 rings (SSSR count). The lowest BCUT2D eigenvalue weighted by Gasteiger charge is -2.20. The molecule has 35 heavy (non-hydrogen) atoms. The Labute approximate surface area is 193 Å². The van der Waals surface area contributed by atoms with Gasteiger partial charge in [0.2, 0.25) is 0 Å². The van der Waals surface area contributed by atoms with Crippen LogP contribution in [0, 0.1) is 0 Å². The van der Waals surface area contributed by atoms with E-state index in [1.54, 1.807) is 24.3 Å². The third kappa shape index (κ3) is 3.84. The molecule has 10 nitrogen and oxygen atoms in total. The van der Waals surface area contributed by atoms with Crippen LogP contribution in [0.15, 0.2) is 72.4 Å². The van der Waals surface area contributed by atoms with Crippen molar-refractivity contribution in [2.75, 3.05) is 0 Å². The van der Waals surface area contributed by atoms with Crippen LogP contribution in [-0.2, 0) is 24.6 Å². The second-order valence-corrected chi connectivity index (χ2v) is 7.80. The van der Waals surface area contributed by atoms with E-state index in [0.717, 1.165) is 15.6 Å². The number of nitrogens with zero attached hydrogens (tertiary/aromatic N) is 5. The van der Waals surface area contributed by atoms with Crippen LogP contribution >= 0.6 is 0 Å². The van der Waals surface area contributed by atoms with Crippen molar-refractivity contribution in [1.82, 2.24) is 19.1 Å². The number of pyridine rings is 1. The van der Waals surface area contributed by atoms with Crippen LogP contribution in [0.1, 0.15) is 29.7 Å². The number of fused-ring (bicyclic) bond motifs is 1. The van der Waals surface area contributed by atoms with Gasteiger partial charge in [0.05, 0.1) is 17.9 Å². The SMILES string of the molecule is Cn1c(=O)n(CC(=O)N2N=C(c3ccco3)CC2c2ccco2)c(=O)c2ccc(C(F)(F)F)nc21. The molecular weight excluding hydrogens is 471 g/mol. The number of halogens is 3. The van der Waals surface area contributed by atoms with Gasteiger partial charge >= 0.3 is 11.9 Å². The van der Waals surface area contributed by atoms with Crippen molar-refractivity contribution in [3.8, 4) is 0 Å². The van der Waals surface area contributed by atoms with Crippen LogP contribution in [0.25, 0.3) is 11.0 Å². The van der Waals surface area contributed by atoms with Gasteiger partial charge in [0.1, 0.15) is 41.2 Å². The lowest BCUT2D eigenvalue weighted by atomic mass is 10.1. The number of carbonyl (C=O) groups excluding carboxylic acids is 1. The molecule has 0 fully saturated rings. The van der Waals surface area contributed by atoms with Gasteiger partial charge in [-0.1, -0.05) is 0 Å². The lowest BCUT2D eigenvalue weighted by molar-refractivity contribution is -0.141. The summed E-state index contributed by atoms with van der Waals surface area (Å²) in [6.45, 7) is -0.700. The molecular formula is C22H16F3N5O5. The zero-order chi connectivity index (χ0) is 24.9. The Kier molecular flexibility index (Phi) is 5.19. The molecule has 1 amide bonds. The molecule has 0 bridgehead atoms. The Morgan fingerprint density at radius 3 is 2.51 bits per heavy atom. The highest BCUT2D eigenvalue weighted by Gasteiger charge is 2.36. The molecule has 13 heteroatoms. The van der Waals surface area contributed by atoms with Gasteiger partial charge in [-0.3, -0.25) is 18.7 Å². The van der Waals surface area contributed by atoms with Gasteiger partial charge < -0.3 is 8.83 Å². The molecule has 0 saturated heterocycles. The first kappa shape index (κ1) is 22.4. The van der Waals surface area contributed by atoms with Gasteiger partial charge in [0.15, 0.2) is 0 Å². The molecule has 5 heterocycles. The predicted molar refractivity (Wildman–Crippen MR) is 114 cm³/mol. The van der Waals surface area contributed by atoms with Crippen LogP contribution in [-0.4, -0.2) is 30.7 Å². The summed E-state index contributed by atoms with van der Waals surface area (Å²) in [4.78, 5) is 42.5. The van der Waals surface area contributed by atoms with E-state index in [1.807, 2.05) is 0 Å². The van der Waals surface area contributed by atoms with E-state index in [4.69, 9.17) is 8.83 Å². The number of alkyl halides is 3. The molecule has 1 atom stereocenters. The Hall–Kier alpha value is -4.42. The summed E-state index contributed by atoms with van der Waals surface area (Å²) in [6, 6.07) is 7.59. The molecule has 4 aromatic rings. The summed E-state index contributed by atoms with van der Waals surface area (Å²) in [7, 11) is 1.17. The van der Waals surface area contributed by atoms with E-state index in [1.165, 1.54) is 19.6 Å². The summed E-state index contributed by atoms with van der Waals surface area (Å²) in [5.41, 5.74) is -3.15. The van der Waals surface area contributed by atoms with E-state index < -0.39 is 47.3 Å². The van der Waals surface area contributed by atoms with E-state index in [0.29, 0.717) is 27.9 Å². The highest BCUT2D eigenvalue weighted by atomic mass is 19.4. The summed E-state index contributed by atoms with van der Waals surface area (Å²) >= 11 is 0. The van der Waals surface area contributed by atoms with Gasteiger partial charge in [-0.2, -0.15) is 18.3 Å². The molecule has 1 unspecified atom stereocenters. The average molecular weight is 487 g/mol. The summed E-state index contributed by atoms with van der Waals surface area (Å²) in [5.74, 6) is 0.180. The third-order valence-electron chi connectivity index (χ3n) is 5.61. The van der Waals surface area contributed by atoms with Crippen LogP contribution < -0.4 is 11.2 Å². The Balaban J connectivity index is 1.54. The second-order valence-electron chi connectivity index (χ2n) is 7.80. The normalized spacial score (nSPS) is 16.2. The first-order valence-corrected chi connectivity index (χ1v) is 10.3. The smallest absolute Gasteiger partial charge is 0.433 e. The highest BCUT2D eigenvalue weighted by molar-refractivity contribution is 6.01. The maximum atomic E-state index is 13.2. The quantitative estimate of drug-likeness (QED) is 0.437. The number of aryl methyl sites for hydroxylation is 1. The Morgan fingerprint density at radius 1 is 1.11 bits per heavy atom. The molecule has 1 aliphatic rings. The topological polar surface area (TPSA) is 116 Å². The van der Waals surface area contributed by atoms with Crippen molar-refractivity contribution in [3.05, 3.63) is 87.0 Å². The summed E-state index contributed by atoms with van der Waals surface area (Å²) in [6.07, 6.45) is -1.59. The van der Waals surface area contributed by atoms with E-state index in [-0.39, 0.29) is 11.8 Å². The van der Waals surface area contributed by atoms with E-state index in [2.05, 4.69) is 10.1 Å². The monoisotopic (exact) mass is 487 g/mol. The summed E-state index contributed by atoms with van der Waals surface area (Å²) in [5, 5.41) is 5.20. The number of amides is 1. The highest BCUT2D eigenvalue weighted by Crippen LogP contribution is 2.33. The molecule has 0 radical (unpaired) electrons. The van der Waals surface area contributed by atoms with Crippen molar-refractivity contribution in [2.24, 2.45) is 12.1 Å². The van der Waals surface area contributed by atoms with E-state index >= 15 is 0 Å². The standard InChI is InChI=1S/C22H16F3N5O5/c1-28-19-12(6-7-17(26-19)22(23,24)25)20(32)29(21(28)33)11-18(31)30-14(16-5-3-9-35-16)10-13(27-30)15-4-2-8-34-15/h2-9,14H,10-11H2,1H3. The average Bonchev–Trinajstić information content (AvgIpc) is 3.60. The predicted octanol–water partition coefficient (Wildman–Crippen LogP) is 2.68. The zero-order valence-corrected chi connectivity index (χ0v) is 18.0. The number of hydrogen-bond donors (Lipinski definition) is 0. The zero-order valence-electron chi connectivity index (χ0n) is 18.0. The van der Waals surface area contributed by atoms with Crippen molar-refractivity contribution >= 4 is 22.7 Å². The van der Waals surface area contributed by atoms with Gasteiger partial charge in [0, 0.05) is 13.5 Å². The maximum absolute atomic E-state index is 13.2. The minimum absolute atomic E-state index is 0.239. The van der Waals surface area contributed by atoms with Gasteiger partial charge in [-0.25, -0.2) is 14.8 Å². The van der Waals surface area contributed by atoms with Crippen LogP contribution in [0.5, 0.6) is 0 Å². The van der Waals surface area contributed by atoms with Crippen molar-refractivity contribution < 1.29 is 26.8 Å². The van der Waals surface area contributed by atoms with Crippen LogP contribution in [0.4, 0.5) is 13.2 Å². The minimum Gasteiger partial charge on any atom is -0.467 e. The summed E-state index contributed by atoms with van der Waals surface area (Å²) < 4.78 is 51.4. The van der Waals surface area contributed by atoms with E-state index in [9.17, 15) is 27.6 Å². The second kappa shape index (κ2) is 8.11. The van der Waals surface area contributed by atoms with Crippen LogP contribution in [0.2, 0.25) is 0 Å². The molecule has 180 valence electrons. The van der Waals surface area contributed by atoms with Crippen molar-refractivity contribution in [2.45, 2.75) is 25.2 Å². The number of hydrogen-bond acceptors (Lipinski definition) is 7. The number of aromatic nitrogens is 3. The molecule has 0 N–H and O–H groups in total. The minimum atomic E-state index is -4.75. The van der Waals surface area contributed by atoms with Gasteiger partial charge in [-0.15, -0.1) is 0 Å². The third-order valence-corrected chi connectivity index (χ3v) is 5.61.